The van der Waals surface area contributed by atoms with Crippen LogP contribution in [0.3, 0.4) is 0 Å². The van der Waals surface area contributed by atoms with Gasteiger partial charge in [0.25, 0.3) is 0 Å². The van der Waals surface area contributed by atoms with E-state index in [4.69, 9.17) is 4.74 Å². The summed E-state index contributed by atoms with van der Waals surface area (Å²) in [5, 5.41) is 0. The first-order valence-electron chi connectivity index (χ1n) is 3.75. The maximum atomic E-state index is 10.9. The number of cyclic esters (lactones) is 1. The van der Waals surface area contributed by atoms with Crippen LogP contribution in [-0.2, 0) is 20.8 Å². The summed E-state index contributed by atoms with van der Waals surface area (Å²) in [7, 11) is 0. The van der Waals surface area contributed by atoms with Crippen LogP contribution in [0.4, 0.5) is 0 Å². The molecule has 1 saturated heterocycles. The third-order valence-corrected chi connectivity index (χ3v) is 1.78. The van der Waals surface area contributed by atoms with Crippen molar-refractivity contribution in [1.82, 2.24) is 4.57 Å². The molecule has 12 heavy (non-hydrogen) atoms. The Hall–Kier alpha value is -1.29. The number of ether oxygens (including phenoxy) is 2. The van der Waals surface area contributed by atoms with E-state index in [0.717, 1.165) is 0 Å². The second kappa shape index (κ2) is 2.98. The second-order valence-corrected chi connectivity index (χ2v) is 2.62. The fourth-order valence-electron chi connectivity index (χ4n) is 1.15. The van der Waals surface area contributed by atoms with Crippen LogP contribution in [0.1, 0.15) is 0 Å². The van der Waals surface area contributed by atoms with Crippen LogP contribution in [0.5, 0.6) is 0 Å². The minimum absolute atomic E-state index is 0.0881. The summed E-state index contributed by atoms with van der Waals surface area (Å²) in [6.45, 7) is 0.622. The number of esters is 1. The number of carbonyl (C=O) groups excluding carboxylic acids is 1. The van der Waals surface area contributed by atoms with Crippen LogP contribution in [-0.4, -0.2) is 23.4 Å². The molecule has 0 saturated carbocycles. The molecule has 0 aliphatic carbocycles. The molecule has 4 heteroatoms. The Bertz CT molecular complexity index is 268. The highest BCUT2D eigenvalue weighted by atomic mass is 16.7. The van der Waals surface area contributed by atoms with Crippen molar-refractivity contribution in [3.05, 3.63) is 24.5 Å². The average Bonchev–Trinajstić information content (AvgIpc) is 2.65. The van der Waals surface area contributed by atoms with Gasteiger partial charge in [-0.3, -0.25) is 0 Å². The molecule has 0 bridgehead atoms. The SMILES string of the molecule is O=C1OCOC1Cn1cccc1. The summed E-state index contributed by atoms with van der Waals surface area (Å²) >= 11 is 0. The van der Waals surface area contributed by atoms with E-state index in [0.29, 0.717) is 6.54 Å². The fraction of sp³-hybridized carbons (Fsp3) is 0.375. The lowest BCUT2D eigenvalue weighted by atomic mass is 10.3. The van der Waals surface area contributed by atoms with Crippen molar-refractivity contribution in [3.8, 4) is 0 Å². The van der Waals surface area contributed by atoms with Crippen molar-refractivity contribution in [1.29, 1.82) is 0 Å². The molecule has 1 aliphatic heterocycles. The maximum Gasteiger partial charge on any atom is 0.339 e. The van der Waals surface area contributed by atoms with E-state index < -0.39 is 6.10 Å². The van der Waals surface area contributed by atoms with Gasteiger partial charge < -0.3 is 14.0 Å². The molecule has 1 aromatic heterocycles. The summed E-state index contributed by atoms with van der Waals surface area (Å²) in [6.07, 6.45) is 3.33. The molecule has 0 aromatic carbocycles. The Morgan fingerprint density at radius 1 is 1.50 bits per heavy atom. The molecule has 1 aromatic rings. The summed E-state index contributed by atoms with van der Waals surface area (Å²) < 4.78 is 11.6. The minimum Gasteiger partial charge on any atom is -0.436 e. The van der Waals surface area contributed by atoms with Gasteiger partial charge in [0, 0.05) is 12.4 Å². The van der Waals surface area contributed by atoms with Crippen LogP contribution >= 0.6 is 0 Å². The molecule has 1 atom stereocenters. The zero-order chi connectivity index (χ0) is 8.39. The maximum absolute atomic E-state index is 10.9. The molecular formula is C8H9NO3. The van der Waals surface area contributed by atoms with Gasteiger partial charge in [-0.15, -0.1) is 0 Å². The van der Waals surface area contributed by atoms with Crippen molar-refractivity contribution in [2.45, 2.75) is 12.6 Å². The number of hydrogen-bond acceptors (Lipinski definition) is 3. The molecule has 1 aliphatic rings. The Morgan fingerprint density at radius 2 is 2.25 bits per heavy atom. The van der Waals surface area contributed by atoms with E-state index in [1.807, 2.05) is 29.1 Å². The van der Waals surface area contributed by atoms with Gasteiger partial charge in [-0.1, -0.05) is 0 Å². The summed E-state index contributed by atoms with van der Waals surface area (Å²) in [6, 6.07) is 3.81. The Labute approximate surface area is 69.7 Å². The van der Waals surface area contributed by atoms with Crippen LogP contribution in [0.25, 0.3) is 0 Å². The highest BCUT2D eigenvalue weighted by Gasteiger charge is 2.27. The normalized spacial score (nSPS) is 22.7. The predicted molar refractivity (Wildman–Crippen MR) is 40.3 cm³/mol. The van der Waals surface area contributed by atoms with Crippen molar-refractivity contribution in [2.75, 3.05) is 6.79 Å². The number of carbonyl (C=O) groups is 1. The molecule has 1 fully saturated rings. The van der Waals surface area contributed by atoms with Crippen LogP contribution in [0.15, 0.2) is 24.5 Å². The zero-order valence-corrected chi connectivity index (χ0v) is 6.47. The van der Waals surface area contributed by atoms with E-state index in [1.54, 1.807) is 0 Å². The van der Waals surface area contributed by atoms with Crippen molar-refractivity contribution < 1.29 is 14.3 Å². The fourth-order valence-corrected chi connectivity index (χ4v) is 1.15. The van der Waals surface area contributed by atoms with Gasteiger partial charge >= 0.3 is 5.97 Å². The van der Waals surface area contributed by atoms with Crippen LogP contribution in [0.2, 0.25) is 0 Å². The third-order valence-electron chi connectivity index (χ3n) is 1.78. The van der Waals surface area contributed by atoms with Crippen LogP contribution < -0.4 is 0 Å². The summed E-state index contributed by atoms with van der Waals surface area (Å²) in [4.78, 5) is 10.9. The number of nitrogens with zero attached hydrogens (tertiary/aromatic N) is 1. The lowest BCUT2D eigenvalue weighted by Crippen LogP contribution is -2.22. The lowest BCUT2D eigenvalue weighted by Gasteiger charge is -2.05. The third kappa shape index (κ3) is 1.33. The van der Waals surface area contributed by atoms with Crippen LogP contribution in [0, 0.1) is 0 Å². The predicted octanol–water partition coefficient (Wildman–Crippen LogP) is 0.388. The topological polar surface area (TPSA) is 40.5 Å². The second-order valence-electron chi connectivity index (χ2n) is 2.62. The minimum atomic E-state index is -0.433. The molecule has 2 rings (SSSR count). The first-order chi connectivity index (χ1) is 5.86. The van der Waals surface area contributed by atoms with E-state index >= 15 is 0 Å². The zero-order valence-electron chi connectivity index (χ0n) is 6.47. The van der Waals surface area contributed by atoms with E-state index in [1.165, 1.54) is 0 Å². The van der Waals surface area contributed by atoms with Crippen molar-refractivity contribution in [2.24, 2.45) is 0 Å². The molecule has 0 N–H and O–H groups in total. The van der Waals surface area contributed by atoms with E-state index in [-0.39, 0.29) is 12.8 Å². The molecule has 0 amide bonds. The highest BCUT2D eigenvalue weighted by molar-refractivity contribution is 5.75. The van der Waals surface area contributed by atoms with E-state index in [9.17, 15) is 4.79 Å². The van der Waals surface area contributed by atoms with Gasteiger partial charge in [0.15, 0.2) is 12.9 Å². The van der Waals surface area contributed by atoms with Gasteiger partial charge in [0.05, 0.1) is 6.54 Å². The summed E-state index contributed by atoms with van der Waals surface area (Å²) in [5.41, 5.74) is 0. The van der Waals surface area contributed by atoms with Gasteiger partial charge in [0.1, 0.15) is 0 Å². The van der Waals surface area contributed by atoms with Gasteiger partial charge in [-0.2, -0.15) is 0 Å². The molecular weight excluding hydrogens is 158 g/mol. The lowest BCUT2D eigenvalue weighted by molar-refractivity contribution is -0.139. The molecule has 0 radical (unpaired) electrons. The van der Waals surface area contributed by atoms with Gasteiger partial charge in [-0.05, 0) is 12.1 Å². The molecule has 4 nitrogen and oxygen atoms in total. The Balaban J connectivity index is 1.99. The number of aromatic nitrogens is 1. The summed E-state index contributed by atoms with van der Waals surface area (Å²) in [5.74, 6) is -0.274. The smallest absolute Gasteiger partial charge is 0.339 e. The average molecular weight is 167 g/mol. The van der Waals surface area contributed by atoms with Gasteiger partial charge in [0.2, 0.25) is 0 Å². The number of rotatable bonds is 2. The first-order valence-corrected chi connectivity index (χ1v) is 3.75. The molecule has 2 heterocycles. The largest absolute Gasteiger partial charge is 0.436 e. The van der Waals surface area contributed by atoms with Crippen molar-refractivity contribution >= 4 is 5.97 Å². The monoisotopic (exact) mass is 167 g/mol. The molecule has 1 unspecified atom stereocenters. The molecule has 0 spiro atoms. The Kier molecular flexibility index (Phi) is 1.83. The standard InChI is InChI=1S/C8H9NO3/c10-8-7(11-6-12-8)5-9-3-1-2-4-9/h1-4,7H,5-6H2. The van der Waals surface area contributed by atoms with E-state index in [2.05, 4.69) is 4.74 Å². The number of hydrogen-bond donors (Lipinski definition) is 0. The first kappa shape index (κ1) is 7.36. The van der Waals surface area contributed by atoms with Crippen molar-refractivity contribution in [3.63, 3.8) is 0 Å². The van der Waals surface area contributed by atoms with Gasteiger partial charge in [-0.25, -0.2) is 4.79 Å². The Morgan fingerprint density at radius 3 is 2.83 bits per heavy atom. The molecule has 64 valence electrons. The quantitative estimate of drug-likeness (QED) is 0.598. The highest BCUT2D eigenvalue weighted by Crippen LogP contribution is 2.07.